The Balaban J connectivity index is 1.92. The van der Waals surface area contributed by atoms with Gasteiger partial charge in [0.1, 0.15) is 11.4 Å². The fourth-order valence-corrected chi connectivity index (χ4v) is 3.14. The SMILES string of the molecule is CC(C)(C)OC(=O)N[C@@H]1CCCN(C(=O)Cc2cc(F)ccc2Br)C1. The molecule has 1 heterocycles. The minimum atomic E-state index is -0.558. The number of amides is 2. The smallest absolute Gasteiger partial charge is 0.407 e. The van der Waals surface area contributed by atoms with Gasteiger partial charge in [0.2, 0.25) is 5.91 Å². The second-order valence-corrected chi connectivity index (χ2v) is 8.09. The first kappa shape index (κ1) is 19.7. The Hall–Kier alpha value is -1.63. The number of carbonyl (C=O) groups is 2. The van der Waals surface area contributed by atoms with Crippen molar-refractivity contribution in [3.8, 4) is 0 Å². The fraction of sp³-hybridized carbons (Fsp3) is 0.556. The van der Waals surface area contributed by atoms with E-state index in [4.69, 9.17) is 4.74 Å². The van der Waals surface area contributed by atoms with Gasteiger partial charge in [0.05, 0.1) is 6.42 Å². The van der Waals surface area contributed by atoms with Crippen molar-refractivity contribution in [2.24, 2.45) is 0 Å². The van der Waals surface area contributed by atoms with Crippen molar-refractivity contribution in [2.75, 3.05) is 13.1 Å². The van der Waals surface area contributed by atoms with Gasteiger partial charge in [-0.3, -0.25) is 4.79 Å². The van der Waals surface area contributed by atoms with Crippen molar-refractivity contribution in [1.82, 2.24) is 10.2 Å². The molecule has 0 saturated carbocycles. The van der Waals surface area contributed by atoms with Gasteiger partial charge in [-0.1, -0.05) is 15.9 Å². The first-order chi connectivity index (χ1) is 11.6. The number of halogens is 2. The Kier molecular flexibility index (Phi) is 6.43. The highest BCUT2D eigenvalue weighted by molar-refractivity contribution is 9.10. The second-order valence-electron chi connectivity index (χ2n) is 7.24. The molecular weight excluding hydrogens is 391 g/mol. The van der Waals surface area contributed by atoms with Gasteiger partial charge in [0.25, 0.3) is 0 Å². The van der Waals surface area contributed by atoms with Crippen LogP contribution in [0, 0.1) is 5.82 Å². The molecule has 1 aliphatic heterocycles. The number of ether oxygens (including phenoxy) is 1. The Labute approximate surface area is 156 Å². The highest BCUT2D eigenvalue weighted by Crippen LogP contribution is 2.20. The molecule has 5 nitrogen and oxygen atoms in total. The van der Waals surface area contributed by atoms with Crippen LogP contribution >= 0.6 is 15.9 Å². The van der Waals surface area contributed by atoms with E-state index in [0.717, 1.165) is 12.8 Å². The summed E-state index contributed by atoms with van der Waals surface area (Å²) in [7, 11) is 0. The van der Waals surface area contributed by atoms with E-state index in [1.807, 2.05) is 0 Å². The molecule has 0 aromatic heterocycles. The summed E-state index contributed by atoms with van der Waals surface area (Å²) in [5.41, 5.74) is 0.0602. The van der Waals surface area contributed by atoms with Crippen molar-refractivity contribution in [3.63, 3.8) is 0 Å². The van der Waals surface area contributed by atoms with Gasteiger partial charge in [-0.25, -0.2) is 9.18 Å². The van der Waals surface area contributed by atoms with Crippen LogP contribution < -0.4 is 5.32 Å². The third-order valence-corrected chi connectivity index (χ3v) is 4.62. The minimum absolute atomic E-state index is 0.0815. The molecule has 25 heavy (non-hydrogen) atoms. The molecule has 1 saturated heterocycles. The van der Waals surface area contributed by atoms with Crippen molar-refractivity contribution in [1.29, 1.82) is 0 Å². The van der Waals surface area contributed by atoms with E-state index in [0.29, 0.717) is 23.1 Å². The maximum atomic E-state index is 13.4. The second kappa shape index (κ2) is 8.17. The number of nitrogens with zero attached hydrogens (tertiary/aromatic N) is 1. The molecule has 7 heteroatoms. The van der Waals surface area contributed by atoms with Crippen molar-refractivity contribution < 1.29 is 18.7 Å². The van der Waals surface area contributed by atoms with Crippen LogP contribution in [-0.2, 0) is 16.0 Å². The Morgan fingerprint density at radius 1 is 1.40 bits per heavy atom. The molecule has 1 N–H and O–H groups in total. The van der Waals surface area contributed by atoms with Crippen LogP contribution in [-0.4, -0.2) is 41.6 Å². The summed E-state index contributed by atoms with van der Waals surface area (Å²) in [6, 6.07) is 4.17. The highest BCUT2D eigenvalue weighted by Gasteiger charge is 2.26. The molecule has 0 bridgehead atoms. The van der Waals surface area contributed by atoms with E-state index in [9.17, 15) is 14.0 Å². The normalized spacial score (nSPS) is 18.0. The van der Waals surface area contributed by atoms with E-state index in [-0.39, 0.29) is 24.2 Å². The van der Waals surface area contributed by atoms with Gasteiger partial charge in [-0.05, 0) is 57.4 Å². The average Bonchev–Trinajstić information content (AvgIpc) is 2.49. The maximum absolute atomic E-state index is 13.4. The molecule has 0 aliphatic carbocycles. The van der Waals surface area contributed by atoms with Crippen LogP contribution in [0.15, 0.2) is 22.7 Å². The minimum Gasteiger partial charge on any atom is -0.444 e. The Morgan fingerprint density at radius 2 is 2.12 bits per heavy atom. The van der Waals surface area contributed by atoms with E-state index in [2.05, 4.69) is 21.2 Å². The van der Waals surface area contributed by atoms with E-state index >= 15 is 0 Å². The molecule has 138 valence electrons. The van der Waals surface area contributed by atoms with Crippen LogP contribution in [0.1, 0.15) is 39.2 Å². The molecule has 1 aromatic rings. The molecule has 1 fully saturated rings. The fourth-order valence-electron chi connectivity index (χ4n) is 2.75. The number of rotatable bonds is 3. The number of alkyl carbamates (subject to hydrolysis) is 1. The molecule has 1 aliphatic rings. The zero-order chi connectivity index (χ0) is 18.6. The first-order valence-electron chi connectivity index (χ1n) is 8.35. The predicted octanol–water partition coefficient (Wildman–Crippen LogP) is 3.65. The van der Waals surface area contributed by atoms with Gasteiger partial charge in [0.15, 0.2) is 0 Å². The van der Waals surface area contributed by atoms with Crippen molar-refractivity contribution in [2.45, 2.75) is 51.7 Å². The molecular formula is C18H24BrFN2O3. The Morgan fingerprint density at radius 3 is 2.80 bits per heavy atom. The zero-order valence-electron chi connectivity index (χ0n) is 14.8. The topological polar surface area (TPSA) is 58.6 Å². The average molecular weight is 415 g/mol. The molecule has 0 spiro atoms. The van der Waals surface area contributed by atoms with E-state index in [1.54, 1.807) is 31.7 Å². The zero-order valence-corrected chi connectivity index (χ0v) is 16.4. The van der Waals surface area contributed by atoms with E-state index in [1.165, 1.54) is 12.1 Å². The largest absolute Gasteiger partial charge is 0.444 e. The van der Waals surface area contributed by atoms with Crippen LogP contribution in [0.2, 0.25) is 0 Å². The van der Waals surface area contributed by atoms with Gasteiger partial charge in [-0.15, -0.1) is 0 Å². The third-order valence-electron chi connectivity index (χ3n) is 3.84. The Bertz CT molecular complexity index is 646. The standard InChI is InChI=1S/C18H24BrFN2O3/c1-18(2,3)25-17(24)21-14-5-4-8-22(11-14)16(23)10-12-9-13(20)6-7-15(12)19/h6-7,9,14H,4-5,8,10-11H2,1-3H3,(H,21,24)/t14-/m1/s1. The van der Waals surface area contributed by atoms with Gasteiger partial charge in [-0.2, -0.15) is 0 Å². The van der Waals surface area contributed by atoms with Gasteiger partial charge in [0, 0.05) is 23.6 Å². The quantitative estimate of drug-likeness (QED) is 0.820. The maximum Gasteiger partial charge on any atom is 0.407 e. The third kappa shape index (κ3) is 6.30. The van der Waals surface area contributed by atoms with E-state index < -0.39 is 11.7 Å². The van der Waals surface area contributed by atoms with Crippen LogP contribution in [0.5, 0.6) is 0 Å². The lowest BCUT2D eigenvalue weighted by Gasteiger charge is -2.33. The highest BCUT2D eigenvalue weighted by atomic mass is 79.9. The number of benzene rings is 1. The number of piperidine rings is 1. The first-order valence-corrected chi connectivity index (χ1v) is 9.14. The molecule has 2 amide bonds. The van der Waals surface area contributed by atoms with Gasteiger partial charge >= 0.3 is 6.09 Å². The van der Waals surface area contributed by atoms with Crippen molar-refractivity contribution in [3.05, 3.63) is 34.1 Å². The van der Waals surface area contributed by atoms with Crippen LogP contribution in [0.4, 0.5) is 9.18 Å². The van der Waals surface area contributed by atoms with Crippen LogP contribution in [0.3, 0.4) is 0 Å². The summed E-state index contributed by atoms with van der Waals surface area (Å²) in [5.74, 6) is -0.448. The van der Waals surface area contributed by atoms with Crippen LogP contribution in [0.25, 0.3) is 0 Å². The summed E-state index contributed by atoms with van der Waals surface area (Å²) in [6.45, 7) is 6.49. The lowest BCUT2D eigenvalue weighted by molar-refractivity contribution is -0.131. The molecule has 1 aromatic carbocycles. The lowest BCUT2D eigenvalue weighted by atomic mass is 10.0. The molecule has 2 rings (SSSR count). The summed E-state index contributed by atoms with van der Waals surface area (Å²) in [5, 5.41) is 2.82. The van der Waals surface area contributed by atoms with Crippen molar-refractivity contribution >= 4 is 27.9 Å². The number of likely N-dealkylation sites (tertiary alicyclic amines) is 1. The van der Waals surface area contributed by atoms with Gasteiger partial charge < -0.3 is 15.0 Å². The lowest BCUT2D eigenvalue weighted by Crippen LogP contribution is -2.50. The summed E-state index contributed by atoms with van der Waals surface area (Å²) in [4.78, 5) is 26.1. The molecule has 0 radical (unpaired) electrons. The summed E-state index contributed by atoms with van der Waals surface area (Å²) < 4.78 is 19.3. The molecule has 0 unspecified atom stereocenters. The number of carbonyl (C=O) groups excluding carboxylic acids is 2. The summed E-state index contributed by atoms with van der Waals surface area (Å²) in [6.07, 6.45) is 1.25. The number of hydrogen-bond donors (Lipinski definition) is 1. The number of hydrogen-bond acceptors (Lipinski definition) is 3. The molecule has 1 atom stereocenters. The monoisotopic (exact) mass is 414 g/mol. The predicted molar refractivity (Wildman–Crippen MR) is 96.8 cm³/mol. The summed E-state index contributed by atoms with van der Waals surface area (Å²) >= 11 is 3.34. The number of nitrogens with one attached hydrogen (secondary N) is 1.